The van der Waals surface area contributed by atoms with E-state index < -0.39 is 11.2 Å². The molecule has 0 bridgehead atoms. The second kappa shape index (κ2) is 6.78. The van der Waals surface area contributed by atoms with Crippen LogP contribution in [-0.4, -0.2) is 67.3 Å². The molecule has 0 radical (unpaired) electrons. The van der Waals surface area contributed by atoms with Crippen LogP contribution >= 0.6 is 11.6 Å². The third-order valence-corrected chi connectivity index (χ3v) is 4.76. The minimum absolute atomic E-state index is 0.0187. The molecule has 0 atom stereocenters. The molecule has 2 N–H and O–H groups in total. The Morgan fingerprint density at radius 3 is 2.77 bits per heavy atom. The normalized spacial score (nSPS) is 16.2. The van der Waals surface area contributed by atoms with E-state index in [9.17, 15) is 4.55 Å². The molecule has 2 aromatic heterocycles. The summed E-state index contributed by atoms with van der Waals surface area (Å²) in [6.07, 6.45) is 1.42. The smallest absolute Gasteiger partial charge is 0.225 e. The number of rotatable bonds is 4. The highest BCUT2D eigenvalue weighted by molar-refractivity contribution is 7.91. The molecule has 0 aliphatic carbocycles. The molecule has 1 aliphatic heterocycles. The Bertz CT molecular complexity index is 667. The maximum Gasteiger partial charge on any atom is 0.225 e. The number of aliphatic hydroxyl groups excluding tert-OH is 1. The van der Waals surface area contributed by atoms with E-state index in [1.807, 2.05) is 4.90 Å². The van der Waals surface area contributed by atoms with Gasteiger partial charge in [0.1, 0.15) is 28.9 Å². The van der Waals surface area contributed by atoms with Gasteiger partial charge in [-0.05, 0) is 11.6 Å². The Morgan fingerprint density at radius 1 is 1.27 bits per heavy atom. The second-order valence-electron chi connectivity index (χ2n) is 4.72. The highest BCUT2D eigenvalue weighted by Gasteiger charge is 2.24. The molecule has 0 saturated carbocycles. The summed E-state index contributed by atoms with van der Waals surface area (Å²) >= 11 is 5.26. The van der Waals surface area contributed by atoms with Gasteiger partial charge >= 0.3 is 0 Å². The van der Waals surface area contributed by atoms with Crippen LogP contribution in [0, 0.1) is 0 Å². The molecule has 2 aromatic rings. The quantitative estimate of drug-likeness (QED) is 0.592. The van der Waals surface area contributed by atoms with Gasteiger partial charge in [0.15, 0.2) is 11.6 Å². The third-order valence-electron chi connectivity index (χ3n) is 3.32. The Morgan fingerprint density at radius 2 is 2.05 bits per heavy atom. The van der Waals surface area contributed by atoms with Crippen LogP contribution in [0.15, 0.2) is 6.33 Å². The van der Waals surface area contributed by atoms with Crippen molar-refractivity contribution in [3.63, 3.8) is 0 Å². The molecule has 1 fully saturated rings. The van der Waals surface area contributed by atoms with Crippen molar-refractivity contribution in [3.8, 4) is 0 Å². The number of aliphatic hydroxyl groups is 1. The first-order valence-corrected chi connectivity index (χ1v) is 8.68. The molecule has 0 amide bonds. The van der Waals surface area contributed by atoms with Crippen LogP contribution in [0.4, 0.5) is 11.6 Å². The van der Waals surface area contributed by atoms with Crippen LogP contribution in [0.1, 0.15) is 0 Å². The SMILES string of the molecule is [O-][S+]1CCN(c2nc(Cl)nc3c(NCCO)ncnc23)CC1. The number of anilines is 2. The van der Waals surface area contributed by atoms with E-state index in [2.05, 4.69) is 25.3 Å². The molecule has 118 valence electrons. The van der Waals surface area contributed by atoms with E-state index in [0.29, 0.717) is 53.8 Å². The monoisotopic (exact) mass is 342 g/mol. The molecule has 22 heavy (non-hydrogen) atoms. The molecule has 0 unspecified atom stereocenters. The zero-order valence-corrected chi connectivity index (χ0v) is 13.3. The maximum atomic E-state index is 11.5. The number of halogens is 1. The van der Waals surface area contributed by atoms with Crippen molar-refractivity contribution in [1.82, 2.24) is 19.9 Å². The van der Waals surface area contributed by atoms with Gasteiger partial charge in [-0.2, -0.15) is 4.98 Å². The van der Waals surface area contributed by atoms with Crippen molar-refractivity contribution in [2.75, 3.05) is 48.0 Å². The number of fused-ring (bicyclic) bond motifs is 1. The fourth-order valence-electron chi connectivity index (χ4n) is 2.28. The lowest BCUT2D eigenvalue weighted by molar-refractivity contribution is 0.311. The number of nitrogens with zero attached hydrogens (tertiary/aromatic N) is 5. The predicted molar refractivity (Wildman–Crippen MR) is 85.8 cm³/mol. The Kier molecular flexibility index (Phi) is 4.77. The minimum Gasteiger partial charge on any atom is -0.616 e. The van der Waals surface area contributed by atoms with Crippen LogP contribution in [0.25, 0.3) is 11.0 Å². The molecule has 8 nitrogen and oxygen atoms in total. The van der Waals surface area contributed by atoms with Crippen molar-refractivity contribution < 1.29 is 9.66 Å². The molecule has 10 heteroatoms. The van der Waals surface area contributed by atoms with Crippen molar-refractivity contribution in [1.29, 1.82) is 0 Å². The summed E-state index contributed by atoms with van der Waals surface area (Å²) in [6, 6.07) is 0. The topological polar surface area (TPSA) is 110 Å². The van der Waals surface area contributed by atoms with Crippen LogP contribution in [0.3, 0.4) is 0 Å². The Balaban J connectivity index is 2.03. The van der Waals surface area contributed by atoms with Gasteiger partial charge in [0.05, 0.1) is 19.7 Å². The fourth-order valence-corrected chi connectivity index (χ4v) is 3.50. The molecular weight excluding hydrogens is 328 g/mol. The Hall–Kier alpha value is -1.42. The first-order chi connectivity index (χ1) is 10.7. The van der Waals surface area contributed by atoms with E-state index in [0.717, 1.165) is 0 Å². The van der Waals surface area contributed by atoms with Crippen molar-refractivity contribution in [2.45, 2.75) is 0 Å². The predicted octanol–water partition coefficient (Wildman–Crippen LogP) is 0.0461. The zero-order valence-electron chi connectivity index (χ0n) is 11.7. The van der Waals surface area contributed by atoms with E-state index in [1.165, 1.54) is 6.33 Å². The van der Waals surface area contributed by atoms with Gasteiger partial charge in [0.25, 0.3) is 0 Å². The van der Waals surface area contributed by atoms with Crippen molar-refractivity contribution in [3.05, 3.63) is 11.6 Å². The van der Waals surface area contributed by atoms with Crippen molar-refractivity contribution in [2.24, 2.45) is 0 Å². The fraction of sp³-hybridized carbons (Fsp3) is 0.500. The first kappa shape index (κ1) is 15.5. The summed E-state index contributed by atoms with van der Waals surface area (Å²) in [4.78, 5) is 18.9. The van der Waals surface area contributed by atoms with E-state index >= 15 is 0 Å². The van der Waals surface area contributed by atoms with Crippen LogP contribution < -0.4 is 10.2 Å². The lowest BCUT2D eigenvalue weighted by atomic mass is 10.3. The summed E-state index contributed by atoms with van der Waals surface area (Å²) in [5.74, 6) is 2.33. The van der Waals surface area contributed by atoms with Gasteiger partial charge in [-0.25, -0.2) is 15.0 Å². The first-order valence-electron chi connectivity index (χ1n) is 6.82. The Labute approximate surface area is 135 Å². The van der Waals surface area contributed by atoms with Gasteiger partial charge in [-0.15, -0.1) is 0 Å². The number of hydrogen-bond acceptors (Lipinski definition) is 8. The van der Waals surface area contributed by atoms with Gasteiger partial charge in [0.2, 0.25) is 5.28 Å². The zero-order chi connectivity index (χ0) is 15.5. The standard InChI is InChI=1S/C12H15ClN6O2S/c13-12-17-8-9(15-7-16-10(8)14-1-4-20)11(18-12)19-2-5-22(21)6-3-19/h7,20H,1-6H2,(H,14,15,16). The molecule has 0 spiro atoms. The van der Waals surface area contributed by atoms with Crippen LogP contribution in [0.5, 0.6) is 0 Å². The lowest BCUT2D eigenvalue weighted by Gasteiger charge is -2.29. The molecular formula is C12H15ClN6O2S. The summed E-state index contributed by atoms with van der Waals surface area (Å²) in [6.45, 7) is 1.61. The number of nitrogens with one attached hydrogen (secondary N) is 1. The maximum absolute atomic E-state index is 11.5. The van der Waals surface area contributed by atoms with Crippen LogP contribution in [-0.2, 0) is 11.2 Å². The lowest BCUT2D eigenvalue weighted by Crippen LogP contribution is -2.41. The highest BCUT2D eigenvalue weighted by Crippen LogP contribution is 2.27. The molecule has 3 rings (SSSR count). The average Bonchev–Trinajstić information content (AvgIpc) is 2.53. The summed E-state index contributed by atoms with van der Waals surface area (Å²) in [7, 11) is 0. The molecule has 1 aliphatic rings. The molecule has 3 heterocycles. The number of aromatic nitrogens is 4. The van der Waals surface area contributed by atoms with Gasteiger partial charge in [-0.1, -0.05) is 11.2 Å². The summed E-state index contributed by atoms with van der Waals surface area (Å²) < 4.78 is 11.5. The van der Waals surface area contributed by atoms with Gasteiger partial charge in [-0.3, -0.25) is 0 Å². The third kappa shape index (κ3) is 3.17. The second-order valence-corrected chi connectivity index (χ2v) is 6.76. The van der Waals surface area contributed by atoms with Gasteiger partial charge in [0, 0.05) is 6.54 Å². The van der Waals surface area contributed by atoms with Crippen molar-refractivity contribution >= 4 is 45.4 Å². The van der Waals surface area contributed by atoms with Crippen LogP contribution in [0.2, 0.25) is 5.28 Å². The highest BCUT2D eigenvalue weighted by atomic mass is 35.5. The van der Waals surface area contributed by atoms with E-state index in [4.69, 9.17) is 16.7 Å². The summed E-state index contributed by atoms with van der Waals surface area (Å²) in [5, 5.41) is 12.0. The molecule has 1 saturated heterocycles. The summed E-state index contributed by atoms with van der Waals surface area (Å²) in [5.41, 5.74) is 1.10. The molecule has 0 aromatic carbocycles. The van der Waals surface area contributed by atoms with E-state index in [1.54, 1.807) is 0 Å². The van der Waals surface area contributed by atoms with E-state index in [-0.39, 0.29) is 11.9 Å². The number of hydrogen-bond donors (Lipinski definition) is 2. The largest absolute Gasteiger partial charge is 0.616 e. The average molecular weight is 343 g/mol. The minimum atomic E-state index is -0.773. The van der Waals surface area contributed by atoms with Gasteiger partial charge < -0.3 is 19.9 Å².